The first-order chi connectivity index (χ1) is 9.99. The molecule has 5 nitrogen and oxygen atoms in total. The van der Waals surface area contributed by atoms with Gasteiger partial charge in [0.05, 0.1) is 12.1 Å². The number of rotatable bonds is 0. The van der Waals surface area contributed by atoms with Crippen molar-refractivity contribution in [3.63, 3.8) is 0 Å². The van der Waals surface area contributed by atoms with Crippen LogP contribution in [0.5, 0.6) is 5.75 Å². The second kappa shape index (κ2) is 5.06. The van der Waals surface area contributed by atoms with Crippen LogP contribution in [0.4, 0.5) is 0 Å². The number of nitrogens with zero attached hydrogens (tertiary/aromatic N) is 1. The first kappa shape index (κ1) is 13.9. The van der Waals surface area contributed by atoms with Gasteiger partial charge in [0, 0.05) is 32.9 Å². The van der Waals surface area contributed by atoms with Gasteiger partial charge in [-0.2, -0.15) is 0 Å². The van der Waals surface area contributed by atoms with E-state index < -0.39 is 5.60 Å². The molecule has 2 aliphatic heterocycles. The van der Waals surface area contributed by atoms with Crippen LogP contribution in [-0.2, 0) is 4.79 Å². The smallest absolute Gasteiger partial charge is 0.255 e. The molecule has 0 bridgehead atoms. The average Bonchev–Trinajstić information content (AvgIpc) is 2.59. The maximum atomic E-state index is 12.2. The molecule has 1 aromatic carbocycles. The molecule has 0 saturated carbocycles. The average molecular weight is 288 g/mol. The van der Waals surface area contributed by atoms with Gasteiger partial charge in [0.15, 0.2) is 0 Å². The molecule has 112 valence electrons. The van der Waals surface area contributed by atoms with E-state index in [0.717, 1.165) is 18.4 Å². The third-order valence-electron chi connectivity index (χ3n) is 4.40. The quantitative estimate of drug-likeness (QED) is 0.787. The van der Waals surface area contributed by atoms with E-state index in [-0.39, 0.29) is 11.8 Å². The molecule has 1 spiro atoms. The van der Waals surface area contributed by atoms with Crippen molar-refractivity contribution < 1.29 is 14.3 Å². The number of amides is 2. The summed E-state index contributed by atoms with van der Waals surface area (Å²) in [6, 6.07) is 5.68. The normalized spacial score (nSPS) is 20.3. The molecule has 0 radical (unpaired) electrons. The summed E-state index contributed by atoms with van der Waals surface area (Å²) in [7, 11) is 0. The Hall–Kier alpha value is -2.04. The zero-order valence-electron chi connectivity index (χ0n) is 12.4. The van der Waals surface area contributed by atoms with Crippen molar-refractivity contribution in [2.45, 2.75) is 32.3 Å². The number of fused-ring (bicyclic) bond motifs is 1. The highest BCUT2D eigenvalue weighted by Gasteiger charge is 2.40. The minimum atomic E-state index is -0.401. The maximum Gasteiger partial charge on any atom is 0.255 e. The molecule has 1 aromatic rings. The third-order valence-corrected chi connectivity index (χ3v) is 4.40. The molecule has 0 unspecified atom stereocenters. The number of ether oxygens (including phenoxy) is 1. The van der Waals surface area contributed by atoms with Gasteiger partial charge < -0.3 is 15.0 Å². The highest BCUT2D eigenvalue weighted by atomic mass is 16.5. The molecule has 21 heavy (non-hydrogen) atoms. The van der Waals surface area contributed by atoms with Crippen LogP contribution in [0.25, 0.3) is 0 Å². The summed E-state index contributed by atoms with van der Waals surface area (Å²) < 4.78 is 6.22. The Morgan fingerprint density at radius 2 is 2.05 bits per heavy atom. The standard InChI is InChI=1S/C16H20N2O3/c1-11-3-4-14-13(9-11)15(20)17-10-16(21-14)5-7-18(8-6-16)12(2)19/h3-4,9H,5-8,10H2,1-2H3,(H,17,20). The number of hydrogen-bond donors (Lipinski definition) is 1. The topological polar surface area (TPSA) is 58.6 Å². The number of piperidine rings is 1. The van der Waals surface area contributed by atoms with Crippen LogP contribution in [0.15, 0.2) is 18.2 Å². The summed E-state index contributed by atoms with van der Waals surface area (Å²) in [4.78, 5) is 25.5. The van der Waals surface area contributed by atoms with Crippen molar-refractivity contribution in [3.05, 3.63) is 29.3 Å². The molecule has 0 atom stereocenters. The van der Waals surface area contributed by atoms with Crippen molar-refractivity contribution >= 4 is 11.8 Å². The zero-order chi connectivity index (χ0) is 15.0. The van der Waals surface area contributed by atoms with Gasteiger partial charge in [0.2, 0.25) is 5.91 Å². The summed E-state index contributed by atoms with van der Waals surface area (Å²) >= 11 is 0. The van der Waals surface area contributed by atoms with Gasteiger partial charge in [-0.1, -0.05) is 11.6 Å². The molecular weight excluding hydrogens is 268 g/mol. The molecule has 1 fully saturated rings. The third kappa shape index (κ3) is 2.60. The number of carbonyl (C=O) groups excluding carboxylic acids is 2. The maximum absolute atomic E-state index is 12.2. The van der Waals surface area contributed by atoms with Crippen LogP contribution in [0.2, 0.25) is 0 Å². The van der Waals surface area contributed by atoms with E-state index in [1.807, 2.05) is 30.0 Å². The molecule has 1 saturated heterocycles. The molecule has 1 N–H and O–H groups in total. The van der Waals surface area contributed by atoms with E-state index >= 15 is 0 Å². The molecule has 0 aromatic heterocycles. The Labute approximate surface area is 124 Å². The van der Waals surface area contributed by atoms with Gasteiger partial charge in [0.1, 0.15) is 11.4 Å². The Morgan fingerprint density at radius 3 is 2.71 bits per heavy atom. The highest BCUT2D eigenvalue weighted by Crippen LogP contribution is 2.33. The fraction of sp³-hybridized carbons (Fsp3) is 0.500. The number of hydrogen-bond acceptors (Lipinski definition) is 3. The molecule has 0 aliphatic carbocycles. The van der Waals surface area contributed by atoms with E-state index in [2.05, 4.69) is 5.32 Å². The van der Waals surface area contributed by atoms with Gasteiger partial charge in [-0.15, -0.1) is 0 Å². The van der Waals surface area contributed by atoms with Gasteiger partial charge in [-0.05, 0) is 19.1 Å². The van der Waals surface area contributed by atoms with Gasteiger partial charge >= 0.3 is 0 Å². The molecule has 2 amide bonds. The molecule has 3 rings (SSSR count). The minimum absolute atomic E-state index is 0.0837. The number of benzene rings is 1. The lowest BCUT2D eigenvalue weighted by atomic mass is 9.91. The number of carbonyl (C=O) groups is 2. The summed E-state index contributed by atoms with van der Waals surface area (Å²) in [5.41, 5.74) is 1.23. The van der Waals surface area contributed by atoms with E-state index in [4.69, 9.17) is 4.74 Å². The van der Waals surface area contributed by atoms with Crippen LogP contribution >= 0.6 is 0 Å². The first-order valence-electron chi connectivity index (χ1n) is 7.32. The van der Waals surface area contributed by atoms with Gasteiger partial charge in [0.25, 0.3) is 5.91 Å². The van der Waals surface area contributed by atoms with Crippen molar-refractivity contribution in [1.82, 2.24) is 10.2 Å². The van der Waals surface area contributed by atoms with E-state index in [0.29, 0.717) is 30.9 Å². The van der Waals surface area contributed by atoms with Crippen molar-refractivity contribution in [2.75, 3.05) is 19.6 Å². The summed E-state index contributed by atoms with van der Waals surface area (Å²) in [5, 5.41) is 2.97. The lowest BCUT2D eigenvalue weighted by Crippen LogP contribution is -2.53. The predicted molar refractivity (Wildman–Crippen MR) is 78.4 cm³/mol. The van der Waals surface area contributed by atoms with Crippen LogP contribution in [0.1, 0.15) is 35.7 Å². The zero-order valence-corrected chi connectivity index (χ0v) is 12.4. The predicted octanol–water partition coefficient (Wildman–Crippen LogP) is 1.50. The molecule has 2 heterocycles. The van der Waals surface area contributed by atoms with Gasteiger partial charge in [-0.3, -0.25) is 9.59 Å². The van der Waals surface area contributed by atoms with Crippen molar-refractivity contribution in [3.8, 4) is 5.75 Å². The number of aryl methyl sites for hydroxylation is 1. The monoisotopic (exact) mass is 288 g/mol. The molecule has 2 aliphatic rings. The minimum Gasteiger partial charge on any atom is -0.484 e. The largest absolute Gasteiger partial charge is 0.484 e. The van der Waals surface area contributed by atoms with Crippen LogP contribution in [-0.4, -0.2) is 41.9 Å². The fourth-order valence-electron chi connectivity index (χ4n) is 3.02. The second-order valence-corrected chi connectivity index (χ2v) is 5.97. The number of nitrogens with one attached hydrogen (secondary N) is 1. The van der Waals surface area contributed by atoms with Crippen LogP contribution < -0.4 is 10.1 Å². The number of likely N-dealkylation sites (tertiary alicyclic amines) is 1. The van der Waals surface area contributed by atoms with Crippen LogP contribution in [0, 0.1) is 6.92 Å². The van der Waals surface area contributed by atoms with Crippen molar-refractivity contribution in [2.24, 2.45) is 0 Å². The Bertz CT molecular complexity index is 589. The van der Waals surface area contributed by atoms with E-state index in [9.17, 15) is 9.59 Å². The summed E-state index contributed by atoms with van der Waals surface area (Å²) in [6.07, 6.45) is 1.47. The summed E-state index contributed by atoms with van der Waals surface area (Å²) in [6.45, 7) is 5.38. The Morgan fingerprint density at radius 1 is 1.33 bits per heavy atom. The summed E-state index contributed by atoms with van der Waals surface area (Å²) in [5.74, 6) is 0.657. The lowest BCUT2D eigenvalue weighted by Gasteiger charge is -2.40. The SMILES string of the molecule is CC(=O)N1CCC2(CC1)CNC(=O)c1cc(C)ccc1O2. The van der Waals surface area contributed by atoms with E-state index in [1.165, 1.54) is 0 Å². The molecule has 5 heteroatoms. The Balaban J connectivity index is 1.85. The highest BCUT2D eigenvalue weighted by molar-refractivity contribution is 5.97. The Kier molecular flexibility index (Phi) is 3.35. The van der Waals surface area contributed by atoms with Crippen molar-refractivity contribution in [1.29, 1.82) is 0 Å². The first-order valence-corrected chi connectivity index (χ1v) is 7.32. The van der Waals surface area contributed by atoms with Gasteiger partial charge in [-0.25, -0.2) is 0 Å². The second-order valence-electron chi connectivity index (χ2n) is 5.97. The van der Waals surface area contributed by atoms with E-state index in [1.54, 1.807) is 6.92 Å². The fourth-order valence-corrected chi connectivity index (χ4v) is 3.02. The lowest BCUT2D eigenvalue weighted by molar-refractivity contribution is -0.132. The van der Waals surface area contributed by atoms with Crippen LogP contribution in [0.3, 0.4) is 0 Å². The molecular formula is C16H20N2O3.